The molecular formula is C8H7Cl2N3O2. The number of hydrogen-bond acceptors (Lipinski definition) is 5. The maximum absolute atomic E-state index is 9.09. The van der Waals surface area contributed by atoms with E-state index in [0.29, 0.717) is 21.0 Å². The topological polar surface area (TPSA) is 62.0 Å². The summed E-state index contributed by atoms with van der Waals surface area (Å²) in [6, 6.07) is 4.85. The van der Waals surface area contributed by atoms with Crippen LogP contribution in [0, 0.1) is 0 Å². The van der Waals surface area contributed by atoms with Gasteiger partial charge in [-0.3, -0.25) is 5.21 Å². The highest BCUT2D eigenvalue weighted by Crippen LogP contribution is 2.31. The minimum Gasteiger partial charge on any atom is -0.380 e. The highest BCUT2D eigenvalue weighted by molar-refractivity contribution is 6.35. The Labute approximate surface area is 95.7 Å². The first kappa shape index (κ1) is 10.4. The summed E-state index contributed by atoms with van der Waals surface area (Å²) in [6.45, 7) is 0. The molecule has 0 amide bonds. The molecule has 2 rings (SSSR count). The lowest BCUT2D eigenvalue weighted by Gasteiger charge is -2.16. The molecule has 0 aromatic heterocycles. The fourth-order valence-electron chi connectivity index (χ4n) is 1.09. The average Bonchev–Trinajstić information content (AvgIpc) is 2.51. The third-order valence-electron chi connectivity index (χ3n) is 1.78. The van der Waals surface area contributed by atoms with Gasteiger partial charge >= 0.3 is 0 Å². The van der Waals surface area contributed by atoms with Gasteiger partial charge in [0.25, 0.3) is 0 Å². The van der Waals surface area contributed by atoms with Crippen molar-refractivity contribution in [3.05, 3.63) is 40.3 Å². The molecular weight excluding hydrogens is 241 g/mol. The summed E-state index contributed by atoms with van der Waals surface area (Å²) >= 11 is 11.7. The molecule has 1 aliphatic heterocycles. The van der Waals surface area contributed by atoms with Gasteiger partial charge in [0.15, 0.2) is 5.82 Å². The quantitative estimate of drug-likeness (QED) is 0.796. The van der Waals surface area contributed by atoms with E-state index in [4.69, 9.17) is 39.1 Å². The van der Waals surface area contributed by atoms with E-state index in [9.17, 15) is 0 Å². The molecule has 0 atom stereocenters. The van der Waals surface area contributed by atoms with Crippen molar-refractivity contribution < 1.29 is 10.1 Å². The van der Waals surface area contributed by atoms with Gasteiger partial charge in [0.1, 0.15) is 0 Å². The van der Waals surface area contributed by atoms with Gasteiger partial charge in [-0.1, -0.05) is 28.4 Å². The van der Waals surface area contributed by atoms with E-state index in [0.717, 1.165) is 0 Å². The van der Waals surface area contributed by atoms with Gasteiger partial charge in [-0.2, -0.15) is 5.06 Å². The molecule has 3 N–H and O–H groups in total. The molecule has 0 radical (unpaired) electrons. The highest BCUT2D eigenvalue weighted by Gasteiger charge is 2.22. The second-order valence-electron chi connectivity index (χ2n) is 2.83. The van der Waals surface area contributed by atoms with Crippen molar-refractivity contribution in [2.45, 2.75) is 0 Å². The van der Waals surface area contributed by atoms with Gasteiger partial charge in [0, 0.05) is 5.02 Å². The minimum absolute atomic E-state index is 0.0473. The van der Waals surface area contributed by atoms with E-state index in [1.165, 1.54) is 11.3 Å². The third kappa shape index (κ3) is 1.95. The zero-order valence-corrected chi connectivity index (χ0v) is 8.90. The first-order valence-corrected chi connectivity index (χ1v) is 4.72. The van der Waals surface area contributed by atoms with Crippen LogP contribution >= 0.6 is 23.2 Å². The van der Waals surface area contributed by atoms with Gasteiger partial charge in [-0.25, -0.2) is 0 Å². The molecule has 1 aliphatic rings. The standard InChI is InChI=1S/C8H7Cl2N3O2/c9-5-1-2-6(10)7(3-5)12-4-8(11)13(14)15-12/h1-4,14H,11H2. The van der Waals surface area contributed by atoms with E-state index >= 15 is 0 Å². The van der Waals surface area contributed by atoms with E-state index < -0.39 is 0 Å². The number of benzene rings is 1. The maximum Gasteiger partial charge on any atom is 0.176 e. The van der Waals surface area contributed by atoms with Crippen LogP contribution in [-0.2, 0) is 4.94 Å². The van der Waals surface area contributed by atoms with Crippen molar-refractivity contribution in [2.75, 3.05) is 5.06 Å². The molecule has 0 spiro atoms. The summed E-state index contributed by atoms with van der Waals surface area (Å²) in [5.74, 6) is 0.0473. The predicted molar refractivity (Wildman–Crippen MR) is 55.9 cm³/mol. The van der Waals surface area contributed by atoms with Crippen molar-refractivity contribution in [3.63, 3.8) is 0 Å². The van der Waals surface area contributed by atoms with Crippen molar-refractivity contribution in [3.8, 4) is 0 Å². The van der Waals surface area contributed by atoms with E-state index in [2.05, 4.69) is 0 Å². The van der Waals surface area contributed by atoms with E-state index in [-0.39, 0.29) is 5.82 Å². The van der Waals surface area contributed by atoms with Crippen molar-refractivity contribution in [1.82, 2.24) is 5.23 Å². The molecule has 0 unspecified atom stereocenters. The summed E-state index contributed by atoms with van der Waals surface area (Å²) in [6.07, 6.45) is 1.37. The highest BCUT2D eigenvalue weighted by atomic mass is 35.5. The van der Waals surface area contributed by atoms with Gasteiger partial charge < -0.3 is 5.73 Å². The number of nitrogens with zero attached hydrogens (tertiary/aromatic N) is 2. The van der Waals surface area contributed by atoms with Gasteiger partial charge in [-0.15, -0.1) is 4.94 Å². The largest absolute Gasteiger partial charge is 0.380 e. The fourth-order valence-corrected chi connectivity index (χ4v) is 1.46. The van der Waals surface area contributed by atoms with Crippen molar-refractivity contribution in [2.24, 2.45) is 5.73 Å². The van der Waals surface area contributed by atoms with Crippen molar-refractivity contribution >= 4 is 28.9 Å². The lowest BCUT2D eigenvalue weighted by Crippen LogP contribution is -2.22. The Bertz CT molecular complexity index is 424. The number of hydroxylamine groups is 3. The summed E-state index contributed by atoms with van der Waals surface area (Å²) in [5, 5.41) is 11.7. The summed E-state index contributed by atoms with van der Waals surface area (Å²) in [5.41, 5.74) is 5.88. The SMILES string of the molecule is NC1=CN(c2cc(Cl)ccc2Cl)ON1O. The molecule has 80 valence electrons. The Balaban J connectivity index is 2.35. The molecule has 0 saturated heterocycles. The summed E-state index contributed by atoms with van der Waals surface area (Å²) in [4.78, 5) is 4.86. The Morgan fingerprint density at radius 3 is 2.67 bits per heavy atom. The van der Waals surface area contributed by atoms with Crippen LogP contribution in [0.1, 0.15) is 0 Å². The molecule has 1 heterocycles. The lowest BCUT2D eigenvalue weighted by atomic mass is 10.3. The molecule has 0 saturated carbocycles. The van der Waals surface area contributed by atoms with Crippen LogP contribution in [0.5, 0.6) is 0 Å². The summed E-state index contributed by atoms with van der Waals surface area (Å²) in [7, 11) is 0. The lowest BCUT2D eigenvalue weighted by molar-refractivity contribution is -0.304. The monoisotopic (exact) mass is 247 g/mol. The van der Waals surface area contributed by atoms with Crippen LogP contribution in [0.3, 0.4) is 0 Å². The van der Waals surface area contributed by atoms with Gasteiger partial charge in [0.2, 0.25) is 0 Å². The second kappa shape index (κ2) is 3.79. The molecule has 0 fully saturated rings. The Morgan fingerprint density at radius 1 is 1.33 bits per heavy atom. The second-order valence-corrected chi connectivity index (χ2v) is 3.67. The molecule has 5 nitrogen and oxygen atoms in total. The molecule has 0 bridgehead atoms. The number of halogens is 2. The van der Waals surface area contributed by atoms with Crippen molar-refractivity contribution in [1.29, 1.82) is 0 Å². The van der Waals surface area contributed by atoms with Gasteiger partial charge in [0.05, 0.1) is 16.9 Å². The number of nitrogens with two attached hydrogens (primary N) is 1. The molecule has 15 heavy (non-hydrogen) atoms. The first-order chi connectivity index (χ1) is 7.08. The normalized spacial score (nSPS) is 15.8. The summed E-state index contributed by atoms with van der Waals surface area (Å²) < 4.78 is 0. The molecule has 1 aromatic carbocycles. The number of rotatable bonds is 1. The molecule has 1 aromatic rings. The maximum atomic E-state index is 9.09. The van der Waals surface area contributed by atoms with Crippen LogP contribution in [0.15, 0.2) is 30.2 Å². The first-order valence-electron chi connectivity index (χ1n) is 3.96. The zero-order chi connectivity index (χ0) is 11.0. The van der Waals surface area contributed by atoms with Crippen LogP contribution in [0.25, 0.3) is 0 Å². The third-order valence-corrected chi connectivity index (χ3v) is 2.34. The van der Waals surface area contributed by atoms with Crippen LogP contribution in [-0.4, -0.2) is 10.4 Å². The van der Waals surface area contributed by atoms with Gasteiger partial charge in [-0.05, 0) is 18.2 Å². The van der Waals surface area contributed by atoms with Crippen LogP contribution < -0.4 is 10.8 Å². The Morgan fingerprint density at radius 2 is 2.07 bits per heavy atom. The van der Waals surface area contributed by atoms with Crippen LogP contribution in [0.2, 0.25) is 10.0 Å². The molecule has 0 aliphatic carbocycles. The van der Waals surface area contributed by atoms with Crippen LogP contribution in [0.4, 0.5) is 5.69 Å². The molecule has 7 heteroatoms. The van der Waals surface area contributed by atoms with E-state index in [1.54, 1.807) is 18.2 Å². The predicted octanol–water partition coefficient (Wildman–Crippen LogP) is 2.11. The fraction of sp³-hybridized carbons (Fsp3) is 0. The number of hydrogen-bond donors (Lipinski definition) is 2. The Hall–Kier alpha value is -1.14. The average molecular weight is 248 g/mol. The number of anilines is 1. The zero-order valence-electron chi connectivity index (χ0n) is 7.39. The minimum atomic E-state index is 0.0473. The smallest absolute Gasteiger partial charge is 0.176 e. The van der Waals surface area contributed by atoms with E-state index in [1.807, 2.05) is 0 Å². The Kier molecular flexibility index (Phi) is 2.62.